The maximum Gasteiger partial charge on any atom is 0.378 e. The second kappa shape index (κ2) is 4.00. The number of rotatable bonds is 4. The van der Waals surface area contributed by atoms with Gasteiger partial charge in [0.15, 0.2) is 0 Å². The second-order valence-electron chi connectivity index (χ2n) is 3.89. The van der Waals surface area contributed by atoms with Gasteiger partial charge in [0, 0.05) is 5.92 Å². The summed E-state index contributed by atoms with van der Waals surface area (Å²) in [6.07, 6.45) is 2.49. The minimum Gasteiger partial charge on any atom is -0.460 e. The second-order valence-corrected chi connectivity index (χ2v) is 3.89. The van der Waals surface area contributed by atoms with Crippen LogP contribution in [0.5, 0.6) is 0 Å². The Bertz CT molecular complexity index is 357. The molecule has 1 unspecified atom stereocenters. The standard InChI is InChI=1S/C10H15N3O2/c1-3-15-10(14)9-11-8(12-13-9)6(2)7-4-5-7/h6-7H,3-5H2,1-2H3,(H,11,12,13). The number of ether oxygens (including phenoxy) is 1. The molecule has 5 heteroatoms. The number of esters is 1. The largest absolute Gasteiger partial charge is 0.460 e. The average molecular weight is 209 g/mol. The molecule has 0 spiro atoms. The Balaban J connectivity index is 2.05. The van der Waals surface area contributed by atoms with E-state index in [9.17, 15) is 4.79 Å². The first-order valence-electron chi connectivity index (χ1n) is 5.31. The van der Waals surface area contributed by atoms with Crippen molar-refractivity contribution in [3.8, 4) is 0 Å². The quantitative estimate of drug-likeness (QED) is 0.763. The van der Waals surface area contributed by atoms with Crippen LogP contribution in [-0.4, -0.2) is 27.8 Å². The molecule has 15 heavy (non-hydrogen) atoms. The van der Waals surface area contributed by atoms with Crippen molar-refractivity contribution in [1.29, 1.82) is 0 Å². The molecule has 0 amide bonds. The van der Waals surface area contributed by atoms with Gasteiger partial charge in [-0.1, -0.05) is 6.92 Å². The Hall–Kier alpha value is -1.39. The summed E-state index contributed by atoms with van der Waals surface area (Å²) in [4.78, 5) is 15.4. The van der Waals surface area contributed by atoms with Crippen LogP contribution in [0.25, 0.3) is 0 Å². The number of nitrogens with one attached hydrogen (secondary N) is 1. The summed E-state index contributed by atoms with van der Waals surface area (Å²) in [5.41, 5.74) is 0. The molecule has 1 saturated carbocycles. The predicted molar refractivity (Wildman–Crippen MR) is 53.5 cm³/mol. The van der Waals surface area contributed by atoms with E-state index in [1.54, 1.807) is 6.92 Å². The molecule has 5 nitrogen and oxygen atoms in total. The van der Waals surface area contributed by atoms with Gasteiger partial charge in [-0.15, -0.1) is 5.10 Å². The zero-order valence-corrected chi connectivity index (χ0v) is 8.99. The van der Waals surface area contributed by atoms with Gasteiger partial charge in [0.2, 0.25) is 0 Å². The van der Waals surface area contributed by atoms with Crippen LogP contribution in [-0.2, 0) is 4.74 Å². The molecule has 1 aromatic heterocycles. The number of H-pyrrole nitrogens is 1. The van der Waals surface area contributed by atoms with E-state index < -0.39 is 5.97 Å². The van der Waals surface area contributed by atoms with Crippen molar-refractivity contribution in [1.82, 2.24) is 15.2 Å². The number of carbonyl (C=O) groups excluding carboxylic acids is 1. The molecule has 1 fully saturated rings. The molecule has 2 rings (SSSR count). The lowest BCUT2D eigenvalue weighted by Crippen LogP contribution is -2.07. The van der Waals surface area contributed by atoms with E-state index in [0.29, 0.717) is 18.4 Å². The van der Waals surface area contributed by atoms with Crippen molar-refractivity contribution in [3.05, 3.63) is 11.6 Å². The first-order chi connectivity index (χ1) is 7.22. The molecule has 1 aliphatic carbocycles. The summed E-state index contributed by atoms with van der Waals surface area (Å²) in [5.74, 6) is 1.54. The number of carbonyl (C=O) groups is 1. The third kappa shape index (κ3) is 2.16. The SMILES string of the molecule is CCOC(=O)c1n[nH]c(C(C)C2CC2)n1. The Morgan fingerprint density at radius 3 is 3.00 bits per heavy atom. The highest BCUT2D eigenvalue weighted by molar-refractivity contribution is 5.84. The van der Waals surface area contributed by atoms with E-state index in [2.05, 4.69) is 22.1 Å². The van der Waals surface area contributed by atoms with Crippen molar-refractivity contribution in [2.75, 3.05) is 6.61 Å². The molecular weight excluding hydrogens is 194 g/mol. The van der Waals surface area contributed by atoms with Crippen molar-refractivity contribution in [2.45, 2.75) is 32.6 Å². The number of nitrogens with zero attached hydrogens (tertiary/aromatic N) is 2. The summed E-state index contributed by atoms with van der Waals surface area (Å²) in [6.45, 7) is 4.21. The first-order valence-corrected chi connectivity index (χ1v) is 5.31. The van der Waals surface area contributed by atoms with Crippen LogP contribution in [0.2, 0.25) is 0 Å². The Morgan fingerprint density at radius 1 is 1.67 bits per heavy atom. The van der Waals surface area contributed by atoms with Gasteiger partial charge in [0.1, 0.15) is 5.82 Å². The molecule has 1 aliphatic rings. The highest BCUT2D eigenvalue weighted by Gasteiger charge is 2.31. The van der Waals surface area contributed by atoms with Crippen molar-refractivity contribution >= 4 is 5.97 Å². The molecule has 82 valence electrons. The lowest BCUT2D eigenvalue weighted by molar-refractivity contribution is 0.0512. The minimum atomic E-state index is -0.456. The van der Waals surface area contributed by atoms with Gasteiger partial charge in [-0.2, -0.15) is 0 Å². The van der Waals surface area contributed by atoms with E-state index in [-0.39, 0.29) is 5.82 Å². The number of hydrogen-bond acceptors (Lipinski definition) is 4. The van der Waals surface area contributed by atoms with Gasteiger partial charge in [-0.05, 0) is 25.7 Å². The Labute approximate surface area is 88.2 Å². The first kappa shape index (κ1) is 10.1. The average Bonchev–Trinajstić information content (AvgIpc) is 2.95. The van der Waals surface area contributed by atoms with Crippen LogP contribution in [0.3, 0.4) is 0 Å². The fourth-order valence-electron chi connectivity index (χ4n) is 1.58. The summed E-state index contributed by atoms with van der Waals surface area (Å²) >= 11 is 0. The maximum absolute atomic E-state index is 11.3. The summed E-state index contributed by atoms with van der Waals surface area (Å²) in [7, 11) is 0. The third-order valence-electron chi connectivity index (χ3n) is 2.72. The van der Waals surface area contributed by atoms with Gasteiger partial charge in [0.25, 0.3) is 5.82 Å². The number of hydrogen-bond donors (Lipinski definition) is 1. The van der Waals surface area contributed by atoms with Gasteiger partial charge < -0.3 is 4.74 Å². The maximum atomic E-state index is 11.3. The molecule has 1 heterocycles. The molecular formula is C10H15N3O2. The van der Waals surface area contributed by atoms with Crippen LogP contribution in [0.4, 0.5) is 0 Å². The van der Waals surface area contributed by atoms with Crippen molar-refractivity contribution < 1.29 is 9.53 Å². The molecule has 0 aromatic carbocycles. The Kier molecular flexibility index (Phi) is 2.70. The van der Waals surface area contributed by atoms with E-state index in [1.165, 1.54) is 12.8 Å². The van der Waals surface area contributed by atoms with Gasteiger partial charge in [0.05, 0.1) is 6.61 Å². The molecule has 1 N–H and O–H groups in total. The van der Waals surface area contributed by atoms with Gasteiger partial charge >= 0.3 is 5.97 Å². The Morgan fingerprint density at radius 2 is 2.40 bits per heavy atom. The molecule has 0 bridgehead atoms. The third-order valence-corrected chi connectivity index (χ3v) is 2.72. The van der Waals surface area contributed by atoms with E-state index in [0.717, 1.165) is 5.82 Å². The molecule has 0 radical (unpaired) electrons. The van der Waals surface area contributed by atoms with Crippen molar-refractivity contribution in [3.63, 3.8) is 0 Å². The minimum absolute atomic E-state index is 0.138. The van der Waals surface area contributed by atoms with Gasteiger partial charge in [-0.25, -0.2) is 9.78 Å². The predicted octanol–water partition coefficient (Wildman–Crippen LogP) is 1.49. The fraction of sp³-hybridized carbons (Fsp3) is 0.700. The summed E-state index contributed by atoms with van der Waals surface area (Å²) in [6, 6.07) is 0. The highest BCUT2D eigenvalue weighted by Crippen LogP contribution is 2.40. The van der Waals surface area contributed by atoms with E-state index >= 15 is 0 Å². The van der Waals surface area contributed by atoms with Crippen LogP contribution < -0.4 is 0 Å². The smallest absolute Gasteiger partial charge is 0.378 e. The lowest BCUT2D eigenvalue weighted by atomic mass is 10.1. The van der Waals surface area contributed by atoms with Crippen LogP contribution in [0, 0.1) is 5.92 Å². The fourth-order valence-corrected chi connectivity index (χ4v) is 1.58. The molecule has 1 aromatic rings. The zero-order valence-electron chi connectivity index (χ0n) is 8.99. The monoisotopic (exact) mass is 209 g/mol. The van der Waals surface area contributed by atoms with Crippen molar-refractivity contribution in [2.24, 2.45) is 5.92 Å². The normalized spacial score (nSPS) is 17.5. The van der Waals surface area contributed by atoms with E-state index in [4.69, 9.17) is 4.74 Å². The molecule has 1 atom stereocenters. The van der Waals surface area contributed by atoms with Crippen LogP contribution >= 0.6 is 0 Å². The summed E-state index contributed by atoms with van der Waals surface area (Å²) in [5, 5.41) is 6.66. The van der Waals surface area contributed by atoms with Crippen LogP contribution in [0.15, 0.2) is 0 Å². The topological polar surface area (TPSA) is 67.9 Å². The number of aromatic nitrogens is 3. The highest BCUT2D eigenvalue weighted by atomic mass is 16.5. The zero-order chi connectivity index (χ0) is 10.8. The van der Waals surface area contributed by atoms with Crippen LogP contribution in [0.1, 0.15) is 49.1 Å². The summed E-state index contributed by atoms with van der Waals surface area (Å²) < 4.78 is 4.81. The van der Waals surface area contributed by atoms with E-state index in [1.807, 2.05) is 0 Å². The van der Waals surface area contributed by atoms with Gasteiger partial charge in [-0.3, -0.25) is 5.10 Å². The number of aromatic amines is 1. The lowest BCUT2D eigenvalue weighted by Gasteiger charge is -2.03. The molecule has 0 aliphatic heterocycles. The molecule has 0 saturated heterocycles.